The van der Waals surface area contributed by atoms with Gasteiger partial charge in [0.1, 0.15) is 16.8 Å². The van der Waals surface area contributed by atoms with Gasteiger partial charge in [-0.3, -0.25) is 14.3 Å². The van der Waals surface area contributed by atoms with Gasteiger partial charge in [-0.25, -0.2) is 0 Å². The summed E-state index contributed by atoms with van der Waals surface area (Å²) in [5.74, 6) is -1.35. The molecule has 146 valence electrons. The van der Waals surface area contributed by atoms with Crippen molar-refractivity contribution < 1.29 is 18.9 Å². The molecule has 0 spiro atoms. The van der Waals surface area contributed by atoms with Crippen LogP contribution in [0.5, 0.6) is 0 Å². The third-order valence-corrected chi connectivity index (χ3v) is 4.20. The minimum Gasteiger partial charge on any atom is -0.454 e. The first-order valence-corrected chi connectivity index (χ1v) is 8.72. The van der Waals surface area contributed by atoms with E-state index >= 15 is 0 Å². The molecule has 0 aliphatic rings. The number of halogens is 1. The molecule has 0 aromatic carbocycles. The van der Waals surface area contributed by atoms with E-state index in [-0.39, 0.29) is 34.0 Å². The summed E-state index contributed by atoms with van der Waals surface area (Å²) in [5.41, 5.74) is 5.38. The van der Waals surface area contributed by atoms with Gasteiger partial charge in [0, 0.05) is 12.7 Å². The van der Waals surface area contributed by atoms with Crippen molar-refractivity contribution in [2.45, 2.75) is 20.0 Å². The fourth-order valence-corrected chi connectivity index (χ4v) is 2.84. The number of carbonyl (C=O) groups is 2. The number of carbonyl (C=O) groups excluding carboxylic acids is 2. The van der Waals surface area contributed by atoms with Crippen LogP contribution < -0.4 is 11.1 Å². The Balaban J connectivity index is 1.74. The Kier molecular flexibility index (Phi) is 5.26. The molecule has 0 radical (unpaired) electrons. The molecule has 0 unspecified atom stereocenters. The average Bonchev–Trinajstić information content (AvgIpc) is 3.33. The lowest BCUT2D eigenvalue weighted by Crippen LogP contribution is -2.17. The zero-order valence-corrected chi connectivity index (χ0v) is 16.0. The Morgan fingerprint density at radius 3 is 2.68 bits per heavy atom. The lowest BCUT2D eigenvalue weighted by Gasteiger charge is -2.01. The van der Waals surface area contributed by atoms with Crippen LogP contribution >= 0.6 is 15.9 Å². The van der Waals surface area contributed by atoms with Gasteiger partial charge < -0.3 is 25.6 Å². The number of anilines is 1. The number of rotatable bonds is 7. The van der Waals surface area contributed by atoms with E-state index in [9.17, 15) is 19.7 Å². The second-order valence-electron chi connectivity index (χ2n) is 5.59. The van der Waals surface area contributed by atoms with Crippen molar-refractivity contribution in [3.05, 3.63) is 56.3 Å². The molecule has 0 aliphatic heterocycles. The molecule has 0 atom stereocenters. The number of hydrogen-bond acceptors (Lipinski definition) is 7. The van der Waals surface area contributed by atoms with Gasteiger partial charge in [0.15, 0.2) is 11.5 Å². The predicted molar refractivity (Wildman–Crippen MR) is 98.8 cm³/mol. The fourth-order valence-electron chi connectivity index (χ4n) is 2.38. The minimum absolute atomic E-state index is 0.0182. The highest BCUT2D eigenvalue weighted by Crippen LogP contribution is 2.23. The molecule has 2 amide bonds. The first-order chi connectivity index (χ1) is 13.3. The summed E-state index contributed by atoms with van der Waals surface area (Å²) in [5, 5.41) is 21.2. The lowest BCUT2D eigenvalue weighted by atomic mass is 10.3. The van der Waals surface area contributed by atoms with Crippen LogP contribution in [0, 0.1) is 10.1 Å². The van der Waals surface area contributed by atoms with Gasteiger partial charge in [0.25, 0.3) is 11.8 Å². The highest BCUT2D eigenvalue weighted by atomic mass is 79.9. The third kappa shape index (κ3) is 3.93. The zero-order valence-electron chi connectivity index (χ0n) is 14.5. The maximum absolute atomic E-state index is 12.4. The summed E-state index contributed by atoms with van der Waals surface area (Å²) in [6.45, 7) is 2.40. The normalized spacial score (nSPS) is 10.8. The number of nitrogens with one attached hydrogen (secondary N) is 1. The Morgan fingerprint density at radius 1 is 1.32 bits per heavy atom. The summed E-state index contributed by atoms with van der Waals surface area (Å²) < 4.78 is 8.46. The molecule has 0 saturated heterocycles. The van der Waals surface area contributed by atoms with Crippen molar-refractivity contribution in [2.24, 2.45) is 5.73 Å². The molecule has 28 heavy (non-hydrogen) atoms. The second-order valence-corrected chi connectivity index (χ2v) is 6.44. The van der Waals surface area contributed by atoms with Crippen molar-refractivity contribution in [3.63, 3.8) is 0 Å². The molecule has 12 nitrogen and oxygen atoms in total. The molecular formula is C15H14BrN7O5. The Labute approximate surface area is 165 Å². The summed E-state index contributed by atoms with van der Waals surface area (Å²) in [6.07, 6.45) is 2.92. The van der Waals surface area contributed by atoms with E-state index in [1.807, 2.05) is 6.92 Å². The molecule has 0 fully saturated rings. The van der Waals surface area contributed by atoms with Crippen LogP contribution in [0.2, 0.25) is 0 Å². The SMILES string of the molecule is CCn1cc(NC(=O)c2ccc(Cn3cc(Br)c([N+](=O)[O-])n3)o2)c(C(N)=O)n1. The van der Waals surface area contributed by atoms with Crippen molar-refractivity contribution in [2.75, 3.05) is 5.32 Å². The van der Waals surface area contributed by atoms with Crippen LogP contribution in [0.1, 0.15) is 33.7 Å². The van der Waals surface area contributed by atoms with Gasteiger partial charge >= 0.3 is 5.82 Å². The van der Waals surface area contributed by atoms with Gasteiger partial charge in [0.05, 0.1) is 17.0 Å². The van der Waals surface area contributed by atoms with Crippen molar-refractivity contribution in [1.82, 2.24) is 19.6 Å². The van der Waals surface area contributed by atoms with Crippen LogP contribution in [-0.4, -0.2) is 36.3 Å². The monoisotopic (exact) mass is 451 g/mol. The molecule has 3 aromatic rings. The molecule has 3 aromatic heterocycles. The van der Waals surface area contributed by atoms with E-state index in [1.54, 1.807) is 6.07 Å². The highest BCUT2D eigenvalue weighted by molar-refractivity contribution is 9.10. The first kappa shape index (κ1) is 19.3. The Morgan fingerprint density at radius 2 is 2.07 bits per heavy atom. The maximum atomic E-state index is 12.4. The molecule has 3 N–H and O–H groups in total. The van der Waals surface area contributed by atoms with Crippen LogP contribution in [0.15, 0.2) is 33.4 Å². The topological polar surface area (TPSA) is 164 Å². The third-order valence-electron chi connectivity index (χ3n) is 3.64. The van der Waals surface area contributed by atoms with Crippen LogP contribution in [0.25, 0.3) is 0 Å². The Hall–Kier alpha value is -3.48. The lowest BCUT2D eigenvalue weighted by molar-refractivity contribution is -0.390. The van der Waals surface area contributed by atoms with Crippen LogP contribution in [0.4, 0.5) is 11.5 Å². The summed E-state index contributed by atoms with van der Waals surface area (Å²) in [7, 11) is 0. The van der Waals surface area contributed by atoms with Gasteiger partial charge in [-0.2, -0.15) is 9.78 Å². The number of furan rings is 1. The fraction of sp³-hybridized carbons (Fsp3) is 0.200. The van der Waals surface area contributed by atoms with E-state index in [2.05, 4.69) is 31.4 Å². The maximum Gasteiger partial charge on any atom is 0.404 e. The molecular weight excluding hydrogens is 438 g/mol. The van der Waals surface area contributed by atoms with Gasteiger partial charge in [-0.15, -0.1) is 0 Å². The highest BCUT2D eigenvalue weighted by Gasteiger charge is 2.21. The van der Waals surface area contributed by atoms with E-state index in [0.717, 1.165) is 0 Å². The first-order valence-electron chi connectivity index (χ1n) is 7.93. The number of nitro groups is 1. The van der Waals surface area contributed by atoms with Crippen LogP contribution in [0.3, 0.4) is 0 Å². The number of nitrogens with two attached hydrogens (primary N) is 1. The summed E-state index contributed by atoms with van der Waals surface area (Å²) >= 11 is 3.06. The van der Waals surface area contributed by atoms with Crippen LogP contribution in [-0.2, 0) is 13.1 Å². The van der Waals surface area contributed by atoms with Crippen molar-refractivity contribution in [1.29, 1.82) is 0 Å². The average molecular weight is 452 g/mol. The molecule has 0 saturated carbocycles. The van der Waals surface area contributed by atoms with E-state index in [0.29, 0.717) is 12.3 Å². The molecule has 3 rings (SSSR count). The van der Waals surface area contributed by atoms with Crippen molar-refractivity contribution in [3.8, 4) is 0 Å². The number of primary amides is 1. The predicted octanol–water partition coefficient (Wildman–Crippen LogP) is 1.76. The van der Waals surface area contributed by atoms with E-state index < -0.39 is 16.7 Å². The summed E-state index contributed by atoms with van der Waals surface area (Å²) in [6, 6.07) is 2.98. The van der Waals surface area contributed by atoms with Gasteiger partial charge in [-0.1, -0.05) is 0 Å². The quantitative estimate of drug-likeness (QED) is 0.407. The standard InChI is InChI=1S/C15H14BrN7O5/c1-2-21-7-10(12(19-21)13(17)24)18-15(25)11-4-3-8(28-11)5-22-6-9(16)14(20-22)23(26)27/h3-4,6-7H,2,5H2,1H3,(H2,17,24)(H,18,25). The van der Waals surface area contributed by atoms with Gasteiger partial charge in [0.2, 0.25) is 0 Å². The van der Waals surface area contributed by atoms with Gasteiger partial charge in [-0.05, 0) is 39.9 Å². The molecule has 0 bridgehead atoms. The van der Waals surface area contributed by atoms with E-state index in [1.165, 1.54) is 27.8 Å². The van der Waals surface area contributed by atoms with E-state index in [4.69, 9.17) is 10.2 Å². The molecule has 13 heteroatoms. The van der Waals surface area contributed by atoms with Crippen molar-refractivity contribution >= 4 is 39.2 Å². The zero-order chi connectivity index (χ0) is 20.4. The largest absolute Gasteiger partial charge is 0.454 e. The number of amides is 2. The Bertz CT molecular complexity index is 1070. The molecule has 3 heterocycles. The molecule has 0 aliphatic carbocycles. The number of nitrogens with zero attached hydrogens (tertiary/aromatic N) is 5. The number of aromatic nitrogens is 4. The smallest absolute Gasteiger partial charge is 0.404 e. The second kappa shape index (κ2) is 7.64. The number of hydrogen-bond donors (Lipinski definition) is 2. The minimum atomic E-state index is -0.770. The number of aryl methyl sites for hydroxylation is 1. The summed E-state index contributed by atoms with van der Waals surface area (Å²) in [4.78, 5) is 34.1.